The van der Waals surface area contributed by atoms with Gasteiger partial charge in [-0.05, 0) is 41.0 Å². The average molecular weight is 371 g/mol. The molecule has 0 aliphatic rings. The number of aromatic nitrogens is 1. The van der Waals surface area contributed by atoms with Crippen LogP contribution in [0.2, 0.25) is 0 Å². The maximum absolute atomic E-state index is 9.26. The van der Waals surface area contributed by atoms with Crippen LogP contribution in [0.25, 0.3) is 21.3 Å². The Kier molecular flexibility index (Phi) is 4.73. The van der Waals surface area contributed by atoms with E-state index in [0.29, 0.717) is 12.1 Å². The number of methoxy groups -OCH3 is 1. The van der Waals surface area contributed by atoms with Gasteiger partial charge in [-0.25, -0.2) is 4.98 Å². The van der Waals surface area contributed by atoms with E-state index in [-0.39, 0.29) is 0 Å². The van der Waals surface area contributed by atoms with Gasteiger partial charge in [0.05, 0.1) is 29.0 Å². The molecule has 0 bridgehead atoms. The standard InChI is InChI=1S/C22H17N3OS/c1-26-18-10-11-20-21(12-18)27-22(25-20)24-14-15-6-8-16(9-7-15)19-5-3-2-4-17(19)13-23/h2-12H,14H2,1H3,(H,24,25). The van der Waals surface area contributed by atoms with Crippen molar-refractivity contribution in [3.8, 4) is 22.9 Å². The fraction of sp³-hybridized carbons (Fsp3) is 0.0909. The van der Waals surface area contributed by atoms with Crippen LogP contribution in [0.15, 0.2) is 66.7 Å². The molecule has 0 saturated carbocycles. The second-order valence-electron chi connectivity index (χ2n) is 6.06. The second kappa shape index (κ2) is 7.48. The number of nitriles is 1. The summed E-state index contributed by atoms with van der Waals surface area (Å²) < 4.78 is 6.36. The predicted molar refractivity (Wildman–Crippen MR) is 110 cm³/mol. The lowest BCUT2D eigenvalue weighted by molar-refractivity contribution is 0.415. The number of anilines is 1. The van der Waals surface area contributed by atoms with Crippen LogP contribution in [0, 0.1) is 11.3 Å². The number of fused-ring (bicyclic) bond motifs is 1. The summed E-state index contributed by atoms with van der Waals surface area (Å²) in [5.74, 6) is 0.839. The van der Waals surface area contributed by atoms with Gasteiger partial charge in [0.2, 0.25) is 0 Å². The minimum atomic E-state index is 0.688. The molecule has 0 saturated heterocycles. The third kappa shape index (κ3) is 3.62. The summed E-state index contributed by atoms with van der Waals surface area (Å²) >= 11 is 1.61. The van der Waals surface area contributed by atoms with Gasteiger partial charge in [0.1, 0.15) is 5.75 Å². The summed E-state index contributed by atoms with van der Waals surface area (Å²) in [6.07, 6.45) is 0. The van der Waals surface area contributed by atoms with Gasteiger partial charge in [-0.1, -0.05) is 53.8 Å². The minimum absolute atomic E-state index is 0.688. The van der Waals surface area contributed by atoms with E-state index in [2.05, 4.69) is 40.6 Å². The molecule has 1 aromatic heterocycles. The van der Waals surface area contributed by atoms with E-state index >= 15 is 0 Å². The summed E-state index contributed by atoms with van der Waals surface area (Å²) in [5.41, 5.74) is 4.81. The van der Waals surface area contributed by atoms with Gasteiger partial charge in [-0.2, -0.15) is 5.26 Å². The van der Waals surface area contributed by atoms with Gasteiger partial charge in [0.15, 0.2) is 5.13 Å². The number of nitrogens with one attached hydrogen (secondary N) is 1. The Morgan fingerprint density at radius 2 is 1.89 bits per heavy atom. The van der Waals surface area contributed by atoms with E-state index in [1.807, 2.05) is 42.5 Å². The van der Waals surface area contributed by atoms with Crippen molar-refractivity contribution in [3.05, 3.63) is 77.9 Å². The van der Waals surface area contributed by atoms with Crippen molar-refractivity contribution in [2.24, 2.45) is 0 Å². The highest BCUT2D eigenvalue weighted by atomic mass is 32.1. The van der Waals surface area contributed by atoms with Gasteiger partial charge >= 0.3 is 0 Å². The van der Waals surface area contributed by atoms with Crippen LogP contribution in [-0.2, 0) is 6.54 Å². The van der Waals surface area contributed by atoms with Crippen molar-refractivity contribution in [2.75, 3.05) is 12.4 Å². The Bertz CT molecular complexity index is 1130. The van der Waals surface area contributed by atoms with Crippen molar-refractivity contribution < 1.29 is 4.74 Å². The molecule has 132 valence electrons. The summed E-state index contributed by atoms with van der Waals surface area (Å²) in [5, 5.41) is 13.5. The smallest absolute Gasteiger partial charge is 0.184 e. The zero-order valence-corrected chi connectivity index (χ0v) is 15.6. The van der Waals surface area contributed by atoms with Crippen LogP contribution >= 0.6 is 11.3 Å². The molecule has 0 atom stereocenters. The first-order valence-electron chi connectivity index (χ1n) is 8.54. The van der Waals surface area contributed by atoms with Gasteiger partial charge in [-0.3, -0.25) is 0 Å². The number of ether oxygens (including phenoxy) is 1. The first-order chi connectivity index (χ1) is 13.3. The molecule has 0 aliphatic carbocycles. The van der Waals surface area contributed by atoms with E-state index in [1.54, 1.807) is 18.4 Å². The van der Waals surface area contributed by atoms with Crippen LogP contribution in [-0.4, -0.2) is 12.1 Å². The Morgan fingerprint density at radius 1 is 1.07 bits per heavy atom. The van der Waals surface area contributed by atoms with Crippen molar-refractivity contribution in [1.29, 1.82) is 5.26 Å². The molecule has 1 N–H and O–H groups in total. The maximum atomic E-state index is 9.26. The quantitative estimate of drug-likeness (QED) is 0.506. The van der Waals surface area contributed by atoms with Gasteiger partial charge < -0.3 is 10.1 Å². The molecule has 4 nitrogen and oxygen atoms in total. The molecule has 0 unspecified atom stereocenters. The van der Waals surface area contributed by atoms with E-state index in [4.69, 9.17) is 4.74 Å². The molecule has 4 rings (SSSR count). The number of rotatable bonds is 5. The molecule has 4 aromatic rings. The molecule has 3 aromatic carbocycles. The highest BCUT2D eigenvalue weighted by Gasteiger charge is 2.06. The van der Waals surface area contributed by atoms with Crippen molar-refractivity contribution >= 4 is 26.7 Å². The van der Waals surface area contributed by atoms with Gasteiger partial charge in [-0.15, -0.1) is 0 Å². The molecule has 0 radical (unpaired) electrons. The third-order valence-electron chi connectivity index (χ3n) is 4.35. The lowest BCUT2D eigenvalue weighted by atomic mass is 9.99. The molecule has 5 heteroatoms. The van der Waals surface area contributed by atoms with E-state index < -0.39 is 0 Å². The molecule has 1 heterocycles. The van der Waals surface area contributed by atoms with Gasteiger partial charge in [0, 0.05) is 6.54 Å². The highest BCUT2D eigenvalue weighted by molar-refractivity contribution is 7.22. The van der Waals surface area contributed by atoms with Crippen LogP contribution in [0.1, 0.15) is 11.1 Å². The number of thiazole rings is 1. The number of nitrogens with zero attached hydrogens (tertiary/aromatic N) is 2. The second-order valence-corrected chi connectivity index (χ2v) is 7.09. The van der Waals surface area contributed by atoms with Crippen molar-refractivity contribution in [1.82, 2.24) is 4.98 Å². The van der Waals surface area contributed by atoms with E-state index in [0.717, 1.165) is 37.8 Å². The van der Waals surface area contributed by atoms with Crippen molar-refractivity contribution in [3.63, 3.8) is 0 Å². The average Bonchev–Trinajstić information content (AvgIpc) is 3.14. The van der Waals surface area contributed by atoms with Gasteiger partial charge in [0.25, 0.3) is 0 Å². The predicted octanol–water partition coefficient (Wildman–Crippen LogP) is 5.46. The first-order valence-corrected chi connectivity index (χ1v) is 9.35. The van der Waals surface area contributed by atoms with Crippen LogP contribution in [0.5, 0.6) is 5.75 Å². The fourth-order valence-electron chi connectivity index (χ4n) is 2.92. The zero-order valence-electron chi connectivity index (χ0n) is 14.8. The summed E-state index contributed by atoms with van der Waals surface area (Å²) in [7, 11) is 1.67. The third-order valence-corrected chi connectivity index (χ3v) is 5.33. The molecule has 27 heavy (non-hydrogen) atoms. The lowest BCUT2D eigenvalue weighted by Crippen LogP contribution is -1.98. The minimum Gasteiger partial charge on any atom is -0.497 e. The summed E-state index contributed by atoms with van der Waals surface area (Å²) in [4.78, 5) is 4.61. The summed E-state index contributed by atoms with van der Waals surface area (Å²) in [6, 6.07) is 24.0. The Hall–Kier alpha value is -3.36. The SMILES string of the molecule is COc1ccc2nc(NCc3ccc(-c4ccccc4C#N)cc3)sc2c1. The van der Waals surface area contributed by atoms with Crippen LogP contribution in [0.3, 0.4) is 0 Å². The number of benzene rings is 3. The van der Waals surface area contributed by atoms with Crippen LogP contribution in [0.4, 0.5) is 5.13 Å². The summed E-state index contributed by atoms with van der Waals surface area (Å²) in [6.45, 7) is 0.692. The largest absolute Gasteiger partial charge is 0.497 e. The maximum Gasteiger partial charge on any atom is 0.184 e. The molecule has 0 spiro atoms. The van der Waals surface area contributed by atoms with Crippen LogP contribution < -0.4 is 10.1 Å². The monoisotopic (exact) mass is 371 g/mol. The molecule has 0 amide bonds. The van der Waals surface area contributed by atoms with E-state index in [1.165, 1.54) is 0 Å². The molecule has 0 aliphatic heterocycles. The molecular formula is C22H17N3OS. The first kappa shape index (κ1) is 17.1. The molecule has 0 fully saturated rings. The Morgan fingerprint density at radius 3 is 2.67 bits per heavy atom. The number of hydrogen-bond acceptors (Lipinski definition) is 5. The normalized spacial score (nSPS) is 10.5. The van der Waals surface area contributed by atoms with Crippen molar-refractivity contribution in [2.45, 2.75) is 6.54 Å². The molecular weight excluding hydrogens is 354 g/mol. The Labute approximate surface area is 161 Å². The highest BCUT2D eigenvalue weighted by Crippen LogP contribution is 2.29. The topological polar surface area (TPSA) is 57.9 Å². The Balaban J connectivity index is 1.48. The fourth-order valence-corrected chi connectivity index (χ4v) is 3.81. The lowest BCUT2D eigenvalue weighted by Gasteiger charge is -2.07. The zero-order chi connectivity index (χ0) is 18.6. The number of hydrogen-bond donors (Lipinski definition) is 1. The van der Waals surface area contributed by atoms with E-state index in [9.17, 15) is 5.26 Å².